The van der Waals surface area contributed by atoms with E-state index in [0.29, 0.717) is 0 Å². The summed E-state index contributed by atoms with van der Waals surface area (Å²) >= 11 is 0. The lowest BCUT2D eigenvalue weighted by Crippen LogP contribution is -2.32. The van der Waals surface area contributed by atoms with Gasteiger partial charge < -0.3 is 21.1 Å². The molecule has 8 nitrogen and oxygen atoms in total. The highest BCUT2D eigenvalue weighted by atomic mass is 16.5. The molecule has 0 fully saturated rings. The number of nitrogen functional groups attached to an aromatic ring is 1. The fourth-order valence-corrected chi connectivity index (χ4v) is 1.10. The third-order valence-electron chi connectivity index (χ3n) is 1.70. The Kier molecular flexibility index (Phi) is 4.02. The summed E-state index contributed by atoms with van der Waals surface area (Å²) in [5.74, 6) is -0.216. The molecule has 0 unspecified atom stereocenters. The van der Waals surface area contributed by atoms with Crippen LogP contribution < -0.4 is 21.1 Å². The first-order chi connectivity index (χ1) is 7.88. The Morgan fingerprint density at radius 2 is 2.06 bits per heavy atom. The Hall–Kier alpha value is -2.12. The zero-order chi connectivity index (χ0) is 13.0. The van der Waals surface area contributed by atoms with Crippen LogP contribution in [0.1, 0.15) is 13.8 Å². The van der Waals surface area contributed by atoms with Gasteiger partial charge in [0, 0.05) is 7.05 Å². The molecule has 1 rings (SSSR count). The number of likely N-dealkylation sites (N-methyl/N-ethyl adjacent to an activating group) is 1. The van der Waals surface area contributed by atoms with Crippen LogP contribution in [0.4, 0.5) is 11.9 Å². The summed E-state index contributed by atoms with van der Waals surface area (Å²) in [6.07, 6.45) is -0.0777. The van der Waals surface area contributed by atoms with Crippen molar-refractivity contribution in [3.05, 3.63) is 0 Å². The summed E-state index contributed by atoms with van der Waals surface area (Å²) in [4.78, 5) is 24.0. The van der Waals surface area contributed by atoms with E-state index >= 15 is 0 Å². The number of rotatable bonds is 5. The summed E-state index contributed by atoms with van der Waals surface area (Å²) in [7, 11) is 1.62. The third-order valence-corrected chi connectivity index (χ3v) is 1.70. The molecule has 1 heterocycles. The Labute approximate surface area is 99.0 Å². The SMILES string of the molecule is CC(C)Oc1nc(N)nc(N(C)CC(N)=O)n1. The monoisotopic (exact) mass is 240 g/mol. The van der Waals surface area contributed by atoms with Crippen LogP contribution in [0.2, 0.25) is 0 Å². The number of nitrogens with zero attached hydrogens (tertiary/aromatic N) is 4. The minimum absolute atomic E-state index is 0.00935. The van der Waals surface area contributed by atoms with Crippen LogP contribution in [0.3, 0.4) is 0 Å². The van der Waals surface area contributed by atoms with Gasteiger partial charge in [-0.15, -0.1) is 0 Å². The maximum Gasteiger partial charge on any atom is 0.323 e. The van der Waals surface area contributed by atoms with Crippen molar-refractivity contribution in [2.24, 2.45) is 5.73 Å². The van der Waals surface area contributed by atoms with E-state index < -0.39 is 5.91 Å². The van der Waals surface area contributed by atoms with Gasteiger partial charge in [0.1, 0.15) is 0 Å². The van der Waals surface area contributed by atoms with E-state index in [1.807, 2.05) is 13.8 Å². The van der Waals surface area contributed by atoms with Gasteiger partial charge in [-0.1, -0.05) is 0 Å². The van der Waals surface area contributed by atoms with Gasteiger partial charge in [-0.2, -0.15) is 15.0 Å². The van der Waals surface area contributed by atoms with Gasteiger partial charge in [-0.3, -0.25) is 4.79 Å². The molecule has 0 atom stereocenters. The van der Waals surface area contributed by atoms with Crippen molar-refractivity contribution >= 4 is 17.8 Å². The number of carbonyl (C=O) groups is 1. The Bertz CT molecular complexity index is 408. The molecule has 0 saturated heterocycles. The zero-order valence-electron chi connectivity index (χ0n) is 10.0. The lowest BCUT2D eigenvalue weighted by Gasteiger charge is -2.16. The Morgan fingerprint density at radius 1 is 1.41 bits per heavy atom. The van der Waals surface area contributed by atoms with Gasteiger partial charge in [0.25, 0.3) is 0 Å². The first-order valence-corrected chi connectivity index (χ1v) is 5.06. The number of ether oxygens (including phenoxy) is 1. The van der Waals surface area contributed by atoms with Crippen LogP contribution >= 0.6 is 0 Å². The fourth-order valence-electron chi connectivity index (χ4n) is 1.10. The molecule has 1 aromatic rings. The molecule has 8 heteroatoms. The number of hydrogen-bond acceptors (Lipinski definition) is 7. The lowest BCUT2D eigenvalue weighted by molar-refractivity contribution is -0.116. The standard InChI is InChI=1S/C9H16N6O2/c1-5(2)17-9-13-7(11)12-8(14-9)15(3)4-6(10)16/h5H,4H2,1-3H3,(H2,10,16)(H2,11,12,13,14). The summed E-state index contributed by atoms with van der Waals surface area (Å²) in [6.45, 7) is 3.67. The topological polar surface area (TPSA) is 120 Å². The highest BCUT2D eigenvalue weighted by Gasteiger charge is 2.12. The molecule has 0 radical (unpaired) electrons. The normalized spacial score (nSPS) is 10.4. The highest BCUT2D eigenvalue weighted by molar-refractivity contribution is 5.78. The van der Waals surface area contributed by atoms with E-state index in [9.17, 15) is 4.79 Å². The van der Waals surface area contributed by atoms with Crippen LogP contribution in [0.15, 0.2) is 0 Å². The minimum Gasteiger partial charge on any atom is -0.461 e. The zero-order valence-corrected chi connectivity index (χ0v) is 10.0. The minimum atomic E-state index is -0.488. The first kappa shape index (κ1) is 12.9. The van der Waals surface area contributed by atoms with Gasteiger partial charge >= 0.3 is 6.01 Å². The number of primary amides is 1. The number of anilines is 2. The van der Waals surface area contributed by atoms with E-state index in [-0.39, 0.29) is 30.6 Å². The average Bonchev–Trinajstić information content (AvgIpc) is 2.14. The van der Waals surface area contributed by atoms with Crippen LogP contribution in [0.25, 0.3) is 0 Å². The van der Waals surface area contributed by atoms with Crippen LogP contribution in [0, 0.1) is 0 Å². The van der Waals surface area contributed by atoms with Crippen molar-refractivity contribution in [1.82, 2.24) is 15.0 Å². The molecular formula is C9H16N6O2. The van der Waals surface area contributed by atoms with Gasteiger partial charge in [-0.05, 0) is 13.8 Å². The van der Waals surface area contributed by atoms with Crippen molar-refractivity contribution in [2.45, 2.75) is 20.0 Å². The smallest absolute Gasteiger partial charge is 0.323 e. The molecule has 17 heavy (non-hydrogen) atoms. The van der Waals surface area contributed by atoms with E-state index in [2.05, 4.69) is 15.0 Å². The number of nitrogens with two attached hydrogens (primary N) is 2. The molecule has 0 bridgehead atoms. The van der Waals surface area contributed by atoms with E-state index in [0.717, 1.165) is 0 Å². The largest absolute Gasteiger partial charge is 0.461 e. The number of carbonyl (C=O) groups excluding carboxylic acids is 1. The maximum absolute atomic E-state index is 10.8. The molecule has 0 aliphatic rings. The number of amides is 1. The van der Waals surface area contributed by atoms with E-state index in [4.69, 9.17) is 16.2 Å². The molecule has 1 aromatic heterocycles. The van der Waals surface area contributed by atoms with Gasteiger partial charge in [0.05, 0.1) is 12.6 Å². The van der Waals surface area contributed by atoms with Crippen molar-refractivity contribution in [2.75, 3.05) is 24.2 Å². The summed E-state index contributed by atoms with van der Waals surface area (Å²) < 4.78 is 5.31. The summed E-state index contributed by atoms with van der Waals surface area (Å²) in [5.41, 5.74) is 10.6. The second kappa shape index (κ2) is 5.28. The molecule has 0 saturated carbocycles. The molecule has 0 aliphatic carbocycles. The van der Waals surface area contributed by atoms with E-state index in [1.165, 1.54) is 4.90 Å². The van der Waals surface area contributed by atoms with Crippen LogP contribution in [-0.4, -0.2) is 40.6 Å². The van der Waals surface area contributed by atoms with Crippen LogP contribution in [0.5, 0.6) is 6.01 Å². The quantitative estimate of drug-likeness (QED) is 0.688. The van der Waals surface area contributed by atoms with Gasteiger partial charge in [-0.25, -0.2) is 0 Å². The van der Waals surface area contributed by atoms with Crippen molar-refractivity contribution < 1.29 is 9.53 Å². The average molecular weight is 240 g/mol. The molecule has 0 spiro atoms. The fraction of sp³-hybridized carbons (Fsp3) is 0.556. The van der Waals surface area contributed by atoms with Gasteiger partial charge in [0.2, 0.25) is 17.8 Å². The second-order valence-corrected chi connectivity index (χ2v) is 3.77. The third kappa shape index (κ3) is 4.09. The van der Waals surface area contributed by atoms with Crippen molar-refractivity contribution in [3.8, 4) is 6.01 Å². The molecule has 1 amide bonds. The number of hydrogen-bond donors (Lipinski definition) is 2. The molecule has 4 N–H and O–H groups in total. The van der Waals surface area contributed by atoms with Crippen molar-refractivity contribution in [1.29, 1.82) is 0 Å². The molecule has 0 aromatic carbocycles. The molecule has 0 aliphatic heterocycles. The van der Waals surface area contributed by atoms with Crippen LogP contribution in [-0.2, 0) is 4.79 Å². The highest BCUT2D eigenvalue weighted by Crippen LogP contribution is 2.12. The first-order valence-electron chi connectivity index (χ1n) is 5.06. The second-order valence-electron chi connectivity index (χ2n) is 3.77. The lowest BCUT2D eigenvalue weighted by atomic mass is 10.5. The van der Waals surface area contributed by atoms with Gasteiger partial charge in [0.15, 0.2) is 0 Å². The number of aromatic nitrogens is 3. The predicted molar refractivity (Wildman–Crippen MR) is 62.5 cm³/mol. The van der Waals surface area contributed by atoms with Crippen molar-refractivity contribution in [3.63, 3.8) is 0 Å². The predicted octanol–water partition coefficient (Wildman–Crippen LogP) is -0.837. The summed E-state index contributed by atoms with van der Waals surface area (Å²) in [5, 5.41) is 0. The molecular weight excluding hydrogens is 224 g/mol. The Morgan fingerprint density at radius 3 is 2.59 bits per heavy atom. The summed E-state index contributed by atoms with van der Waals surface area (Å²) in [6, 6.07) is 0.124. The van der Waals surface area contributed by atoms with E-state index in [1.54, 1.807) is 7.05 Å². The molecule has 94 valence electrons. The maximum atomic E-state index is 10.8. The Balaban J connectivity index is 2.92.